The predicted molar refractivity (Wildman–Crippen MR) is 107 cm³/mol. The van der Waals surface area contributed by atoms with E-state index in [-0.39, 0.29) is 0 Å². The average molecular weight is 392 g/mol. The highest BCUT2D eigenvalue weighted by molar-refractivity contribution is 9.10. The first kappa shape index (κ1) is 17.8. The van der Waals surface area contributed by atoms with Crippen molar-refractivity contribution in [2.45, 2.75) is 83.2 Å². The maximum Gasteiger partial charge on any atom is 0.196 e. The number of aryl methyl sites for hydroxylation is 1. The van der Waals surface area contributed by atoms with Gasteiger partial charge in [-0.15, -0.1) is 0 Å². The first-order valence-electron chi connectivity index (χ1n) is 9.58. The van der Waals surface area contributed by atoms with Crippen LogP contribution in [0.2, 0.25) is 0 Å². The maximum absolute atomic E-state index is 5.06. The van der Waals surface area contributed by atoms with E-state index >= 15 is 0 Å². The first-order valence-corrected chi connectivity index (χ1v) is 10.4. The van der Waals surface area contributed by atoms with Gasteiger partial charge in [-0.05, 0) is 66.2 Å². The molecule has 2 aliphatic rings. The molecule has 24 heavy (non-hydrogen) atoms. The van der Waals surface area contributed by atoms with Crippen LogP contribution in [0.15, 0.2) is 27.7 Å². The molecule has 0 bridgehead atoms. The van der Waals surface area contributed by atoms with Crippen molar-refractivity contribution in [3.63, 3.8) is 0 Å². The van der Waals surface area contributed by atoms with Crippen molar-refractivity contribution in [3.05, 3.63) is 28.2 Å². The van der Waals surface area contributed by atoms with Crippen LogP contribution in [0.4, 0.5) is 5.69 Å². The Balaban J connectivity index is 1.73. The van der Waals surface area contributed by atoms with Crippen LogP contribution in [0.25, 0.3) is 0 Å². The molecule has 0 saturated heterocycles. The summed E-state index contributed by atoms with van der Waals surface area (Å²) < 4.78 is 1.10. The van der Waals surface area contributed by atoms with Crippen molar-refractivity contribution in [1.29, 1.82) is 0 Å². The van der Waals surface area contributed by atoms with Gasteiger partial charge in [-0.2, -0.15) is 0 Å². The number of halogens is 1. The molecule has 3 rings (SSSR count). The lowest BCUT2D eigenvalue weighted by atomic mass is 9.95. The highest BCUT2D eigenvalue weighted by atomic mass is 79.9. The molecule has 0 radical (unpaired) electrons. The number of nitrogens with one attached hydrogen (secondary N) is 2. The Morgan fingerprint density at radius 2 is 1.67 bits per heavy atom. The summed E-state index contributed by atoms with van der Waals surface area (Å²) in [6.07, 6.45) is 13.0. The Morgan fingerprint density at radius 3 is 2.33 bits per heavy atom. The van der Waals surface area contributed by atoms with Crippen LogP contribution in [0.5, 0.6) is 0 Å². The lowest BCUT2D eigenvalue weighted by molar-refractivity contribution is 0.408. The van der Waals surface area contributed by atoms with Gasteiger partial charge >= 0.3 is 0 Å². The highest BCUT2D eigenvalue weighted by Gasteiger charge is 2.18. The van der Waals surface area contributed by atoms with Crippen LogP contribution in [0.3, 0.4) is 0 Å². The summed E-state index contributed by atoms with van der Waals surface area (Å²) in [7, 11) is 0. The van der Waals surface area contributed by atoms with Crippen LogP contribution >= 0.6 is 15.9 Å². The molecule has 132 valence electrons. The molecular formula is C20H30BrN3. The molecule has 0 amide bonds. The minimum atomic E-state index is 0.474. The van der Waals surface area contributed by atoms with Crippen molar-refractivity contribution in [1.82, 2.24) is 5.32 Å². The number of benzene rings is 1. The summed E-state index contributed by atoms with van der Waals surface area (Å²) in [5.41, 5.74) is 2.36. The van der Waals surface area contributed by atoms with E-state index in [0.717, 1.165) is 16.1 Å². The van der Waals surface area contributed by atoms with Crippen LogP contribution < -0.4 is 10.6 Å². The third-order valence-electron chi connectivity index (χ3n) is 5.21. The van der Waals surface area contributed by atoms with Gasteiger partial charge in [0.15, 0.2) is 5.96 Å². The Bertz CT molecular complexity index is 558. The number of nitrogens with zero attached hydrogens (tertiary/aromatic N) is 1. The second kappa shape index (κ2) is 8.89. The molecule has 0 unspecified atom stereocenters. The van der Waals surface area contributed by atoms with Gasteiger partial charge in [0.1, 0.15) is 0 Å². The van der Waals surface area contributed by atoms with Crippen LogP contribution in [-0.2, 0) is 0 Å². The summed E-state index contributed by atoms with van der Waals surface area (Å²) >= 11 is 3.68. The third-order valence-corrected chi connectivity index (χ3v) is 5.87. The van der Waals surface area contributed by atoms with Gasteiger partial charge in [0.05, 0.1) is 11.7 Å². The molecule has 3 nitrogen and oxygen atoms in total. The lowest BCUT2D eigenvalue weighted by Crippen LogP contribution is -2.41. The fourth-order valence-electron chi connectivity index (χ4n) is 3.79. The van der Waals surface area contributed by atoms with E-state index in [4.69, 9.17) is 4.99 Å². The van der Waals surface area contributed by atoms with E-state index < -0.39 is 0 Å². The second-order valence-electron chi connectivity index (χ2n) is 7.36. The Hall–Kier alpha value is -1.03. The lowest BCUT2D eigenvalue weighted by Gasteiger charge is -2.27. The smallest absolute Gasteiger partial charge is 0.196 e. The molecule has 0 aromatic heterocycles. The molecular weight excluding hydrogens is 362 g/mol. The number of anilines is 1. The van der Waals surface area contributed by atoms with Crippen molar-refractivity contribution >= 4 is 27.6 Å². The van der Waals surface area contributed by atoms with E-state index in [1.54, 1.807) is 0 Å². The van der Waals surface area contributed by atoms with Crippen molar-refractivity contribution in [3.8, 4) is 0 Å². The number of aliphatic imine (C=N–C) groups is 1. The van der Waals surface area contributed by atoms with Gasteiger partial charge in [0, 0.05) is 10.5 Å². The SMILES string of the molecule is Cc1ccc(NC(=NC2CCCCC2)NC2CCCCC2)c(Br)c1. The molecule has 2 fully saturated rings. The number of hydrogen-bond acceptors (Lipinski definition) is 1. The fraction of sp³-hybridized carbons (Fsp3) is 0.650. The second-order valence-corrected chi connectivity index (χ2v) is 8.21. The van der Waals surface area contributed by atoms with Crippen LogP contribution in [0, 0.1) is 6.92 Å². The number of hydrogen-bond donors (Lipinski definition) is 2. The standard InChI is InChI=1S/C20H30BrN3/c1-15-12-13-19(18(21)14-15)24-20(22-16-8-4-2-5-9-16)23-17-10-6-3-7-11-17/h12-14,16-17H,2-11H2,1H3,(H2,22,23,24). The van der Waals surface area contributed by atoms with Crippen LogP contribution in [0.1, 0.15) is 69.8 Å². The first-order chi connectivity index (χ1) is 11.7. The zero-order valence-corrected chi connectivity index (χ0v) is 16.4. The minimum Gasteiger partial charge on any atom is -0.353 e. The molecule has 2 aliphatic carbocycles. The van der Waals surface area contributed by atoms with Gasteiger partial charge in [-0.1, -0.05) is 44.6 Å². The summed E-state index contributed by atoms with van der Waals surface area (Å²) in [5.74, 6) is 0.971. The molecule has 0 heterocycles. The van der Waals surface area contributed by atoms with E-state index in [2.05, 4.69) is 51.7 Å². The van der Waals surface area contributed by atoms with Crippen molar-refractivity contribution in [2.75, 3.05) is 5.32 Å². The van der Waals surface area contributed by atoms with Gasteiger partial charge in [-0.3, -0.25) is 0 Å². The predicted octanol–water partition coefficient (Wildman–Crippen LogP) is 5.78. The van der Waals surface area contributed by atoms with Crippen LogP contribution in [-0.4, -0.2) is 18.0 Å². The van der Waals surface area contributed by atoms with Gasteiger partial charge in [0.25, 0.3) is 0 Å². The van der Waals surface area contributed by atoms with Gasteiger partial charge in [-0.25, -0.2) is 4.99 Å². The van der Waals surface area contributed by atoms with E-state index in [9.17, 15) is 0 Å². The van der Waals surface area contributed by atoms with Crippen molar-refractivity contribution < 1.29 is 0 Å². The Labute approximate surface area is 154 Å². The third kappa shape index (κ3) is 5.23. The maximum atomic E-state index is 5.06. The number of rotatable bonds is 3. The zero-order chi connectivity index (χ0) is 16.8. The van der Waals surface area contributed by atoms with E-state index in [0.29, 0.717) is 12.1 Å². The molecule has 2 saturated carbocycles. The normalized spacial score (nSPS) is 20.8. The average Bonchev–Trinajstić information content (AvgIpc) is 2.59. The van der Waals surface area contributed by atoms with E-state index in [1.807, 2.05) is 0 Å². The summed E-state index contributed by atoms with van der Waals surface area (Å²) in [5, 5.41) is 7.27. The summed E-state index contributed by atoms with van der Waals surface area (Å²) in [6.45, 7) is 2.12. The largest absolute Gasteiger partial charge is 0.353 e. The number of guanidine groups is 1. The molecule has 2 N–H and O–H groups in total. The van der Waals surface area contributed by atoms with Crippen molar-refractivity contribution in [2.24, 2.45) is 4.99 Å². The fourth-order valence-corrected chi connectivity index (χ4v) is 4.38. The van der Waals surface area contributed by atoms with E-state index in [1.165, 1.54) is 69.8 Å². The topological polar surface area (TPSA) is 36.4 Å². The summed E-state index contributed by atoms with van der Waals surface area (Å²) in [4.78, 5) is 5.06. The molecule has 0 aliphatic heterocycles. The Kier molecular flexibility index (Phi) is 6.59. The monoisotopic (exact) mass is 391 g/mol. The Morgan fingerprint density at radius 1 is 1.00 bits per heavy atom. The minimum absolute atomic E-state index is 0.474. The van der Waals surface area contributed by atoms with Gasteiger partial charge < -0.3 is 10.6 Å². The molecule has 1 aromatic carbocycles. The molecule has 0 atom stereocenters. The highest BCUT2D eigenvalue weighted by Crippen LogP contribution is 2.25. The van der Waals surface area contributed by atoms with Gasteiger partial charge in [0.2, 0.25) is 0 Å². The quantitative estimate of drug-likeness (QED) is 0.505. The molecule has 4 heteroatoms. The molecule has 1 aromatic rings. The zero-order valence-electron chi connectivity index (χ0n) is 14.8. The summed E-state index contributed by atoms with van der Waals surface area (Å²) in [6, 6.07) is 7.48. The molecule has 0 spiro atoms.